The van der Waals surface area contributed by atoms with Gasteiger partial charge in [-0.2, -0.15) is 0 Å². The molecule has 0 atom stereocenters. The maximum absolute atomic E-state index is 12.7. The molecule has 2 heterocycles. The molecule has 1 aliphatic heterocycles. The van der Waals surface area contributed by atoms with E-state index in [4.69, 9.17) is 9.47 Å². The molecule has 8 nitrogen and oxygen atoms in total. The molecule has 0 saturated carbocycles. The normalized spacial score (nSPS) is 14.8. The lowest BCUT2D eigenvalue weighted by Gasteiger charge is -2.20. The molecule has 1 fully saturated rings. The van der Waals surface area contributed by atoms with Crippen LogP contribution in [0.15, 0.2) is 23.3 Å². The number of aryl methyl sites for hydroxylation is 1. The van der Waals surface area contributed by atoms with Crippen LogP contribution < -0.4 is 20.3 Å². The Hall–Kier alpha value is -2.61. The number of fused-ring (bicyclic) bond motifs is 1. The van der Waals surface area contributed by atoms with Gasteiger partial charge >= 0.3 is 0 Å². The summed E-state index contributed by atoms with van der Waals surface area (Å²) in [5, 5.41) is 3.76. The predicted octanol–water partition coefficient (Wildman–Crippen LogP) is 1.02. The van der Waals surface area contributed by atoms with Crippen molar-refractivity contribution in [3.05, 3.63) is 28.8 Å². The first-order chi connectivity index (χ1) is 13.1. The average molecular weight is 374 g/mol. The predicted molar refractivity (Wildman–Crippen MR) is 102 cm³/mol. The van der Waals surface area contributed by atoms with Crippen LogP contribution in [0, 0.1) is 0 Å². The van der Waals surface area contributed by atoms with E-state index in [-0.39, 0.29) is 11.5 Å². The molecule has 0 aliphatic carbocycles. The minimum absolute atomic E-state index is 0.145. The van der Waals surface area contributed by atoms with Crippen molar-refractivity contribution in [3.63, 3.8) is 0 Å². The van der Waals surface area contributed by atoms with Crippen molar-refractivity contribution in [2.45, 2.75) is 25.8 Å². The van der Waals surface area contributed by atoms with Gasteiger partial charge in [0.2, 0.25) is 5.91 Å². The lowest BCUT2D eigenvalue weighted by atomic mass is 10.2. The maximum Gasteiger partial charge on any atom is 0.261 e. The molecule has 2 aromatic rings. The summed E-state index contributed by atoms with van der Waals surface area (Å²) in [4.78, 5) is 31.4. The lowest BCUT2D eigenvalue weighted by Crippen LogP contribution is -2.34. The Morgan fingerprint density at radius 2 is 1.96 bits per heavy atom. The molecule has 1 saturated heterocycles. The molecule has 8 heteroatoms. The lowest BCUT2D eigenvalue weighted by molar-refractivity contribution is -0.131. The van der Waals surface area contributed by atoms with Gasteiger partial charge in [0.15, 0.2) is 11.5 Å². The van der Waals surface area contributed by atoms with Gasteiger partial charge in [0, 0.05) is 38.7 Å². The number of nitrogens with one attached hydrogen (secondary N) is 1. The number of carbonyl (C=O) groups is 1. The fourth-order valence-corrected chi connectivity index (χ4v) is 3.30. The van der Waals surface area contributed by atoms with Crippen molar-refractivity contribution in [3.8, 4) is 11.5 Å². The summed E-state index contributed by atoms with van der Waals surface area (Å²) in [6.45, 7) is 3.79. The summed E-state index contributed by atoms with van der Waals surface area (Å²) >= 11 is 0. The van der Waals surface area contributed by atoms with Gasteiger partial charge in [0.1, 0.15) is 0 Å². The van der Waals surface area contributed by atoms with E-state index in [0.717, 1.165) is 32.6 Å². The average Bonchev–Trinajstić information content (AvgIpc) is 2.98. The Morgan fingerprint density at radius 3 is 2.74 bits per heavy atom. The fraction of sp³-hybridized carbons (Fsp3) is 0.526. The molecule has 0 bridgehead atoms. The highest BCUT2D eigenvalue weighted by atomic mass is 16.5. The highest BCUT2D eigenvalue weighted by Crippen LogP contribution is 2.29. The second-order valence-corrected chi connectivity index (χ2v) is 6.56. The minimum atomic E-state index is -0.146. The summed E-state index contributed by atoms with van der Waals surface area (Å²) in [6, 6.07) is 3.34. The second-order valence-electron chi connectivity index (χ2n) is 6.56. The second kappa shape index (κ2) is 8.85. The number of hydrogen-bond acceptors (Lipinski definition) is 6. The Kier molecular flexibility index (Phi) is 6.28. The van der Waals surface area contributed by atoms with Crippen LogP contribution in [-0.4, -0.2) is 60.8 Å². The van der Waals surface area contributed by atoms with Crippen molar-refractivity contribution < 1.29 is 14.3 Å². The van der Waals surface area contributed by atoms with E-state index in [1.807, 2.05) is 4.90 Å². The van der Waals surface area contributed by atoms with Crippen molar-refractivity contribution in [2.24, 2.45) is 0 Å². The third kappa shape index (κ3) is 4.39. The van der Waals surface area contributed by atoms with Gasteiger partial charge in [-0.25, -0.2) is 4.98 Å². The summed E-state index contributed by atoms with van der Waals surface area (Å²) < 4.78 is 12.1. The summed E-state index contributed by atoms with van der Waals surface area (Å²) in [5.74, 6) is 1.17. The third-order valence-corrected chi connectivity index (χ3v) is 4.81. The number of benzene rings is 1. The van der Waals surface area contributed by atoms with Gasteiger partial charge in [-0.15, -0.1) is 0 Å². The SMILES string of the molecule is COc1cc2ncn(CCCC(=O)N3CCCNCC3)c(=O)c2cc1OC. The Balaban J connectivity index is 1.69. The largest absolute Gasteiger partial charge is 0.493 e. The van der Waals surface area contributed by atoms with E-state index in [1.54, 1.807) is 23.8 Å². The molecule has 1 aliphatic rings. The molecule has 0 unspecified atom stereocenters. The van der Waals surface area contributed by atoms with E-state index in [1.165, 1.54) is 13.4 Å². The van der Waals surface area contributed by atoms with Crippen LogP contribution in [0.4, 0.5) is 0 Å². The Labute approximate surface area is 158 Å². The number of carbonyl (C=O) groups excluding carboxylic acids is 1. The van der Waals surface area contributed by atoms with Crippen LogP contribution in [0.1, 0.15) is 19.3 Å². The van der Waals surface area contributed by atoms with Gasteiger partial charge < -0.3 is 19.7 Å². The van der Waals surface area contributed by atoms with Gasteiger partial charge in [-0.05, 0) is 25.5 Å². The van der Waals surface area contributed by atoms with Gasteiger partial charge in [-0.3, -0.25) is 14.2 Å². The first-order valence-electron chi connectivity index (χ1n) is 9.23. The van der Waals surface area contributed by atoms with Crippen LogP contribution in [0.2, 0.25) is 0 Å². The van der Waals surface area contributed by atoms with Crippen LogP contribution >= 0.6 is 0 Å². The Bertz CT molecular complexity index is 857. The summed E-state index contributed by atoms with van der Waals surface area (Å²) in [7, 11) is 3.07. The molecule has 0 spiro atoms. The molecule has 1 aromatic carbocycles. The van der Waals surface area contributed by atoms with Crippen LogP contribution in [0.5, 0.6) is 11.5 Å². The first kappa shape index (κ1) is 19.2. The molecule has 27 heavy (non-hydrogen) atoms. The van der Waals surface area contributed by atoms with Crippen LogP contribution in [-0.2, 0) is 11.3 Å². The molecule has 1 N–H and O–H groups in total. The topological polar surface area (TPSA) is 85.7 Å². The van der Waals surface area contributed by atoms with Crippen molar-refractivity contribution in [1.82, 2.24) is 19.8 Å². The zero-order chi connectivity index (χ0) is 19.2. The fourth-order valence-electron chi connectivity index (χ4n) is 3.30. The smallest absolute Gasteiger partial charge is 0.261 e. The van der Waals surface area contributed by atoms with E-state index in [9.17, 15) is 9.59 Å². The highest BCUT2D eigenvalue weighted by molar-refractivity contribution is 5.81. The van der Waals surface area contributed by atoms with Crippen LogP contribution in [0.3, 0.4) is 0 Å². The number of ether oxygens (including phenoxy) is 2. The van der Waals surface area contributed by atoms with E-state index in [0.29, 0.717) is 41.8 Å². The first-order valence-corrected chi connectivity index (χ1v) is 9.23. The van der Waals surface area contributed by atoms with Crippen molar-refractivity contribution in [2.75, 3.05) is 40.4 Å². The number of nitrogens with zero attached hydrogens (tertiary/aromatic N) is 3. The minimum Gasteiger partial charge on any atom is -0.493 e. The third-order valence-electron chi connectivity index (χ3n) is 4.81. The standard InChI is InChI=1S/C19H26N4O4/c1-26-16-11-14-15(12-17(16)27-2)21-13-23(19(14)25)8-3-5-18(24)22-9-4-6-20-7-10-22/h11-13,20H,3-10H2,1-2H3. The summed E-state index contributed by atoms with van der Waals surface area (Å²) in [5.41, 5.74) is 0.411. The highest BCUT2D eigenvalue weighted by Gasteiger charge is 2.15. The molecule has 0 radical (unpaired) electrons. The maximum atomic E-state index is 12.7. The molecular weight excluding hydrogens is 348 g/mol. The Morgan fingerprint density at radius 1 is 1.19 bits per heavy atom. The zero-order valence-electron chi connectivity index (χ0n) is 15.9. The van der Waals surface area contributed by atoms with Gasteiger partial charge in [0.05, 0.1) is 31.4 Å². The quantitative estimate of drug-likeness (QED) is 0.812. The molecule has 146 valence electrons. The summed E-state index contributed by atoms with van der Waals surface area (Å²) in [6.07, 6.45) is 3.53. The van der Waals surface area contributed by atoms with Crippen molar-refractivity contribution in [1.29, 1.82) is 0 Å². The van der Waals surface area contributed by atoms with Crippen LogP contribution in [0.25, 0.3) is 10.9 Å². The van der Waals surface area contributed by atoms with E-state index >= 15 is 0 Å². The number of rotatable bonds is 6. The van der Waals surface area contributed by atoms with Gasteiger partial charge in [-0.1, -0.05) is 0 Å². The molecule has 1 amide bonds. The molecular formula is C19H26N4O4. The number of hydrogen-bond donors (Lipinski definition) is 1. The van der Waals surface area contributed by atoms with E-state index in [2.05, 4.69) is 10.3 Å². The monoisotopic (exact) mass is 374 g/mol. The van der Waals surface area contributed by atoms with Gasteiger partial charge in [0.25, 0.3) is 5.56 Å². The van der Waals surface area contributed by atoms with Crippen molar-refractivity contribution >= 4 is 16.8 Å². The van der Waals surface area contributed by atoms with E-state index < -0.39 is 0 Å². The number of aromatic nitrogens is 2. The molecule has 1 aromatic heterocycles. The number of methoxy groups -OCH3 is 2. The molecule has 3 rings (SSSR count). The zero-order valence-corrected chi connectivity index (χ0v) is 15.9. The number of amides is 1.